The van der Waals surface area contributed by atoms with Crippen molar-refractivity contribution in [3.05, 3.63) is 99.2 Å². The van der Waals surface area contributed by atoms with Gasteiger partial charge < -0.3 is 19.8 Å². The van der Waals surface area contributed by atoms with Crippen LogP contribution < -0.4 is 15.4 Å². The number of hydrogen-bond donors (Lipinski definition) is 1. The number of furan rings is 1. The summed E-state index contributed by atoms with van der Waals surface area (Å²) in [6.07, 6.45) is 0.933. The van der Waals surface area contributed by atoms with Crippen LogP contribution in [0.4, 0.5) is 11.4 Å². The molecular weight excluding hydrogens is 638 g/mol. The molecule has 2 N–H and O–H groups in total. The van der Waals surface area contributed by atoms with Gasteiger partial charge in [0.15, 0.2) is 5.11 Å². The monoisotopic (exact) mass is 669 g/mol. The van der Waals surface area contributed by atoms with E-state index in [0.29, 0.717) is 0 Å². The van der Waals surface area contributed by atoms with Crippen LogP contribution in [0.5, 0.6) is 5.75 Å². The maximum absolute atomic E-state index is 6.47. The van der Waals surface area contributed by atoms with Gasteiger partial charge >= 0.3 is 0 Å². The number of thiophene rings is 1. The zero-order valence-corrected chi connectivity index (χ0v) is 27.2. The lowest BCUT2D eigenvalue weighted by Crippen LogP contribution is -2.31. The fourth-order valence-corrected chi connectivity index (χ4v) is 6.52. The standard InChI is InChI=1S/C32H32BrN3O2S2.ClH/c1-21(2)37-26-12-9-24(10-13-26)36(32(34)39)25-11-14-30-29(18-25)28(31(38-30)22-7-5-4-6-8-22)15-16-35(3)19-27-17-23(33)20-40-27;/h4-14,17-18,20-21H,15-16,19H2,1-3H3,(H2,34,39);1H. The predicted molar refractivity (Wildman–Crippen MR) is 182 cm³/mol. The Kier molecular flexibility index (Phi) is 10.5. The van der Waals surface area contributed by atoms with Crippen molar-refractivity contribution in [2.24, 2.45) is 5.73 Å². The molecule has 0 aliphatic rings. The van der Waals surface area contributed by atoms with Crippen LogP contribution in [0.25, 0.3) is 22.3 Å². The van der Waals surface area contributed by atoms with Crippen molar-refractivity contribution in [1.82, 2.24) is 4.90 Å². The molecule has 2 aromatic heterocycles. The van der Waals surface area contributed by atoms with Gasteiger partial charge in [0.25, 0.3) is 0 Å². The molecule has 0 unspecified atom stereocenters. The van der Waals surface area contributed by atoms with Crippen LogP contribution in [0.2, 0.25) is 0 Å². The van der Waals surface area contributed by atoms with E-state index in [1.807, 2.05) is 73.3 Å². The van der Waals surface area contributed by atoms with Gasteiger partial charge in [-0.3, -0.25) is 4.90 Å². The maximum Gasteiger partial charge on any atom is 0.175 e. The van der Waals surface area contributed by atoms with Crippen LogP contribution in [0, 0.1) is 0 Å². The van der Waals surface area contributed by atoms with E-state index in [9.17, 15) is 0 Å². The van der Waals surface area contributed by atoms with E-state index in [1.165, 1.54) is 10.4 Å². The highest BCUT2D eigenvalue weighted by molar-refractivity contribution is 9.10. The highest BCUT2D eigenvalue weighted by Gasteiger charge is 2.20. The summed E-state index contributed by atoms with van der Waals surface area (Å²) in [4.78, 5) is 5.56. The molecule has 0 amide bonds. The molecule has 9 heteroatoms. The summed E-state index contributed by atoms with van der Waals surface area (Å²) < 4.78 is 13.4. The molecule has 0 aliphatic carbocycles. The molecule has 5 rings (SSSR count). The Morgan fingerprint density at radius 2 is 1.73 bits per heavy atom. The zero-order chi connectivity index (χ0) is 28.2. The number of hydrogen-bond acceptors (Lipinski definition) is 5. The number of benzene rings is 3. The van der Waals surface area contributed by atoms with Gasteiger partial charge in [0.05, 0.1) is 6.10 Å². The molecule has 214 valence electrons. The number of halogens is 2. The summed E-state index contributed by atoms with van der Waals surface area (Å²) in [5, 5.41) is 3.46. The van der Waals surface area contributed by atoms with E-state index >= 15 is 0 Å². The van der Waals surface area contributed by atoms with Gasteiger partial charge in [-0.1, -0.05) is 30.3 Å². The Morgan fingerprint density at radius 1 is 1.02 bits per heavy atom. The average Bonchev–Trinajstić information content (AvgIpc) is 3.51. The highest BCUT2D eigenvalue weighted by Crippen LogP contribution is 2.38. The molecule has 0 spiro atoms. The summed E-state index contributed by atoms with van der Waals surface area (Å²) in [5.74, 6) is 1.71. The van der Waals surface area contributed by atoms with Crippen molar-refractivity contribution < 1.29 is 9.15 Å². The molecule has 0 aliphatic heterocycles. The van der Waals surface area contributed by atoms with E-state index in [0.717, 1.165) is 63.4 Å². The van der Waals surface area contributed by atoms with Gasteiger partial charge in [-0.15, -0.1) is 23.7 Å². The summed E-state index contributed by atoms with van der Waals surface area (Å²) in [7, 11) is 2.16. The van der Waals surface area contributed by atoms with E-state index in [-0.39, 0.29) is 23.6 Å². The van der Waals surface area contributed by atoms with Crippen LogP contribution >= 0.6 is 51.9 Å². The van der Waals surface area contributed by atoms with Gasteiger partial charge in [-0.05, 0) is 104 Å². The minimum Gasteiger partial charge on any atom is -0.491 e. The van der Waals surface area contributed by atoms with Gasteiger partial charge in [0.1, 0.15) is 17.1 Å². The van der Waals surface area contributed by atoms with Crippen molar-refractivity contribution in [3.8, 4) is 17.1 Å². The SMILES string of the molecule is CC(C)Oc1ccc(N(C(N)=S)c2ccc3oc(-c4ccccc4)c(CCN(C)Cc4cc(Br)cs4)c3c2)cc1.Cl. The Hall–Kier alpha value is -2.88. The number of thiocarbonyl (C=S) groups is 1. The van der Waals surface area contributed by atoms with Crippen LogP contribution in [-0.2, 0) is 13.0 Å². The van der Waals surface area contributed by atoms with Crippen LogP contribution in [0.15, 0.2) is 93.1 Å². The van der Waals surface area contributed by atoms with Crippen LogP contribution in [0.1, 0.15) is 24.3 Å². The van der Waals surface area contributed by atoms with Gasteiger partial charge in [0, 0.05) is 55.7 Å². The minimum absolute atomic E-state index is 0. The highest BCUT2D eigenvalue weighted by atomic mass is 79.9. The fourth-order valence-electron chi connectivity index (χ4n) is 4.78. The summed E-state index contributed by atoms with van der Waals surface area (Å²) >= 11 is 10.8. The molecule has 0 bridgehead atoms. The number of nitrogens with zero attached hydrogens (tertiary/aromatic N) is 2. The second kappa shape index (κ2) is 13.9. The predicted octanol–water partition coefficient (Wildman–Crippen LogP) is 9.19. The quantitative estimate of drug-likeness (QED) is 0.150. The van der Waals surface area contributed by atoms with Crippen LogP contribution in [0.3, 0.4) is 0 Å². The first kappa shape index (κ1) is 31.1. The topological polar surface area (TPSA) is 54.9 Å². The van der Waals surface area contributed by atoms with Crippen LogP contribution in [-0.4, -0.2) is 29.7 Å². The third-order valence-electron chi connectivity index (χ3n) is 6.55. The first-order valence-corrected chi connectivity index (χ1v) is 15.2. The molecule has 2 heterocycles. The van der Waals surface area contributed by atoms with Crippen molar-refractivity contribution in [1.29, 1.82) is 0 Å². The number of ether oxygens (including phenoxy) is 1. The zero-order valence-electron chi connectivity index (χ0n) is 23.2. The van der Waals surface area contributed by atoms with Crippen molar-refractivity contribution in [2.75, 3.05) is 18.5 Å². The lowest BCUT2D eigenvalue weighted by molar-refractivity contribution is 0.242. The third-order valence-corrected chi connectivity index (χ3v) is 8.41. The molecule has 5 aromatic rings. The maximum atomic E-state index is 6.47. The third kappa shape index (κ3) is 7.50. The van der Waals surface area contributed by atoms with E-state index in [2.05, 4.69) is 57.5 Å². The Bertz CT molecular complexity index is 1600. The normalized spacial score (nSPS) is 11.2. The number of rotatable bonds is 10. The number of nitrogens with two attached hydrogens (primary N) is 1. The summed E-state index contributed by atoms with van der Waals surface area (Å²) in [5.41, 5.74) is 11.1. The fraction of sp³-hybridized carbons (Fsp3) is 0.219. The minimum atomic E-state index is 0. The average molecular weight is 671 g/mol. The second-order valence-corrected chi connectivity index (χ2v) is 12.3. The Labute approximate surface area is 265 Å². The molecule has 0 saturated heterocycles. The van der Waals surface area contributed by atoms with Crippen molar-refractivity contribution in [2.45, 2.75) is 32.9 Å². The molecule has 5 nitrogen and oxygen atoms in total. The van der Waals surface area contributed by atoms with E-state index < -0.39 is 0 Å². The number of anilines is 2. The molecule has 0 fully saturated rings. The molecular formula is C32H33BrClN3O2S2. The first-order valence-electron chi connectivity index (χ1n) is 13.2. The van der Waals surface area contributed by atoms with Gasteiger partial charge in [0.2, 0.25) is 0 Å². The van der Waals surface area contributed by atoms with E-state index in [1.54, 1.807) is 11.3 Å². The summed E-state index contributed by atoms with van der Waals surface area (Å²) in [6, 6.07) is 26.5. The second-order valence-electron chi connectivity index (χ2n) is 10.0. The molecule has 0 radical (unpaired) electrons. The van der Waals surface area contributed by atoms with Gasteiger partial charge in [-0.2, -0.15) is 0 Å². The molecule has 41 heavy (non-hydrogen) atoms. The molecule has 3 aromatic carbocycles. The van der Waals surface area contributed by atoms with E-state index in [4.69, 9.17) is 27.1 Å². The Balaban J connectivity index is 0.00000387. The number of likely N-dealkylation sites (N-methyl/N-ethyl adjacent to an activating group) is 1. The Morgan fingerprint density at radius 3 is 2.37 bits per heavy atom. The molecule has 0 saturated carbocycles. The lowest BCUT2D eigenvalue weighted by atomic mass is 10.0. The van der Waals surface area contributed by atoms with Crippen molar-refractivity contribution in [3.63, 3.8) is 0 Å². The van der Waals surface area contributed by atoms with Crippen molar-refractivity contribution >= 4 is 79.3 Å². The summed E-state index contributed by atoms with van der Waals surface area (Å²) in [6.45, 7) is 5.79. The smallest absolute Gasteiger partial charge is 0.175 e. The first-order chi connectivity index (χ1) is 19.3. The molecule has 0 atom stereocenters. The largest absolute Gasteiger partial charge is 0.491 e. The van der Waals surface area contributed by atoms with Gasteiger partial charge in [-0.25, -0.2) is 0 Å². The lowest BCUT2D eigenvalue weighted by Gasteiger charge is -2.23. The number of fused-ring (bicyclic) bond motifs is 1.